The molecule has 0 aliphatic carbocycles. The van der Waals surface area contributed by atoms with Crippen molar-refractivity contribution in [3.8, 4) is 0 Å². The number of carboxylic acid groups (broad SMARTS) is 1. The van der Waals surface area contributed by atoms with E-state index in [2.05, 4.69) is 13.8 Å². The highest BCUT2D eigenvalue weighted by Crippen LogP contribution is 2.34. The molecule has 1 heterocycles. The van der Waals surface area contributed by atoms with Gasteiger partial charge in [0.1, 0.15) is 6.54 Å². The smallest absolute Gasteiger partial charge is 0.323 e. The quantitative estimate of drug-likeness (QED) is 0.829. The summed E-state index contributed by atoms with van der Waals surface area (Å²) in [5, 5.41) is 8.75. The van der Waals surface area contributed by atoms with Crippen molar-refractivity contribution in [2.45, 2.75) is 32.2 Å². The normalized spacial score (nSPS) is 18.9. The predicted octanol–water partition coefficient (Wildman–Crippen LogP) is 2.17. The second kappa shape index (κ2) is 4.80. The molecule has 1 aliphatic rings. The van der Waals surface area contributed by atoms with Crippen LogP contribution in [0.15, 0.2) is 24.3 Å². The summed E-state index contributed by atoms with van der Waals surface area (Å²) in [6.45, 7) is 4.03. The Morgan fingerprint density at radius 2 is 2.00 bits per heavy atom. The van der Waals surface area contributed by atoms with Crippen LogP contribution in [0.5, 0.6) is 0 Å². The lowest BCUT2D eigenvalue weighted by Gasteiger charge is -2.39. The van der Waals surface area contributed by atoms with E-state index in [0.717, 1.165) is 5.56 Å². The van der Waals surface area contributed by atoms with Gasteiger partial charge < -0.3 is 10.0 Å². The number of aliphatic carboxylic acids is 1. The fraction of sp³-hybridized carbons (Fsp3) is 0.429. The van der Waals surface area contributed by atoms with Crippen LogP contribution in [-0.4, -0.2) is 28.4 Å². The highest BCUT2D eigenvalue weighted by atomic mass is 16.4. The third kappa shape index (κ3) is 2.37. The van der Waals surface area contributed by atoms with Crippen molar-refractivity contribution < 1.29 is 14.7 Å². The van der Waals surface area contributed by atoms with E-state index in [1.165, 1.54) is 10.5 Å². The number of hydrogen-bond donors (Lipinski definition) is 1. The number of likely N-dealkylation sites (tertiary alicyclic amines) is 1. The third-order valence-electron chi connectivity index (χ3n) is 3.36. The first kappa shape index (κ1) is 12.6. The van der Waals surface area contributed by atoms with Gasteiger partial charge in [0.25, 0.3) is 0 Å². The van der Waals surface area contributed by atoms with E-state index in [1.807, 2.05) is 24.3 Å². The molecule has 1 unspecified atom stereocenters. The molecule has 1 amide bonds. The maximum Gasteiger partial charge on any atom is 0.323 e. The van der Waals surface area contributed by atoms with Crippen molar-refractivity contribution in [2.24, 2.45) is 0 Å². The molecule has 1 aromatic rings. The standard InChI is InChI=1S/C14H17NO3/c1-9(2)10-3-5-11(6-4-10)12-7-13(16)15(12)8-14(17)18/h3-6,9,12H,7-8H2,1-2H3,(H,17,18). The molecule has 1 saturated heterocycles. The summed E-state index contributed by atoms with van der Waals surface area (Å²) in [6, 6.07) is 7.99. The Morgan fingerprint density at radius 1 is 1.39 bits per heavy atom. The summed E-state index contributed by atoms with van der Waals surface area (Å²) < 4.78 is 0. The Kier molecular flexibility index (Phi) is 3.36. The predicted molar refractivity (Wildman–Crippen MR) is 67.2 cm³/mol. The molecule has 2 rings (SSSR count). The number of hydrogen-bond acceptors (Lipinski definition) is 2. The Labute approximate surface area is 106 Å². The Balaban J connectivity index is 2.12. The number of carbonyl (C=O) groups is 2. The summed E-state index contributed by atoms with van der Waals surface area (Å²) in [5.41, 5.74) is 2.26. The molecule has 0 radical (unpaired) electrons. The molecule has 18 heavy (non-hydrogen) atoms. The molecule has 0 bridgehead atoms. The van der Waals surface area contributed by atoms with E-state index in [1.54, 1.807) is 0 Å². The topological polar surface area (TPSA) is 57.6 Å². The second-order valence-electron chi connectivity index (χ2n) is 4.96. The number of benzene rings is 1. The van der Waals surface area contributed by atoms with Crippen molar-refractivity contribution in [3.63, 3.8) is 0 Å². The van der Waals surface area contributed by atoms with Crippen LogP contribution >= 0.6 is 0 Å². The zero-order valence-electron chi connectivity index (χ0n) is 10.6. The lowest BCUT2D eigenvalue weighted by molar-refractivity contribution is -0.155. The van der Waals surface area contributed by atoms with Crippen LogP contribution in [0.4, 0.5) is 0 Å². The van der Waals surface area contributed by atoms with Gasteiger partial charge in [0, 0.05) is 0 Å². The van der Waals surface area contributed by atoms with Crippen molar-refractivity contribution in [1.82, 2.24) is 4.90 Å². The van der Waals surface area contributed by atoms with Gasteiger partial charge in [-0.05, 0) is 17.0 Å². The molecular formula is C14H17NO3. The lowest BCUT2D eigenvalue weighted by atomic mass is 9.92. The zero-order chi connectivity index (χ0) is 13.3. The number of carbonyl (C=O) groups excluding carboxylic acids is 1. The van der Waals surface area contributed by atoms with E-state index >= 15 is 0 Å². The molecule has 4 nitrogen and oxygen atoms in total. The molecular weight excluding hydrogens is 230 g/mol. The number of β-lactam (4-membered cyclic amide) rings is 1. The van der Waals surface area contributed by atoms with Crippen LogP contribution < -0.4 is 0 Å². The van der Waals surface area contributed by atoms with Gasteiger partial charge in [-0.3, -0.25) is 9.59 Å². The third-order valence-corrected chi connectivity index (χ3v) is 3.36. The minimum Gasteiger partial charge on any atom is -0.480 e. The SMILES string of the molecule is CC(C)c1ccc(C2CC(=O)N2CC(=O)O)cc1. The average molecular weight is 247 g/mol. The maximum atomic E-state index is 11.4. The monoisotopic (exact) mass is 247 g/mol. The number of carboxylic acids is 1. The molecule has 0 saturated carbocycles. The van der Waals surface area contributed by atoms with E-state index in [9.17, 15) is 9.59 Å². The summed E-state index contributed by atoms with van der Waals surface area (Å²) in [7, 11) is 0. The number of rotatable bonds is 4. The van der Waals surface area contributed by atoms with Crippen LogP contribution in [0.1, 0.15) is 43.4 Å². The van der Waals surface area contributed by atoms with Gasteiger partial charge in [0.2, 0.25) is 5.91 Å². The lowest BCUT2D eigenvalue weighted by Crippen LogP contribution is -2.48. The molecule has 96 valence electrons. The van der Waals surface area contributed by atoms with Crippen molar-refractivity contribution in [3.05, 3.63) is 35.4 Å². The highest BCUT2D eigenvalue weighted by Gasteiger charge is 2.38. The Morgan fingerprint density at radius 3 is 2.44 bits per heavy atom. The minimum atomic E-state index is -0.966. The summed E-state index contributed by atoms with van der Waals surface area (Å²) in [4.78, 5) is 23.5. The van der Waals surface area contributed by atoms with Crippen LogP contribution in [0.25, 0.3) is 0 Å². The summed E-state index contributed by atoms with van der Waals surface area (Å²) >= 11 is 0. The summed E-state index contributed by atoms with van der Waals surface area (Å²) in [6.07, 6.45) is 0.411. The zero-order valence-corrected chi connectivity index (χ0v) is 10.6. The van der Waals surface area contributed by atoms with Gasteiger partial charge in [0.05, 0.1) is 12.5 Å². The summed E-state index contributed by atoms with van der Waals surface area (Å²) in [5.74, 6) is -0.584. The molecule has 1 atom stereocenters. The molecule has 1 aromatic carbocycles. The van der Waals surface area contributed by atoms with Crippen LogP contribution in [0, 0.1) is 0 Å². The molecule has 0 aromatic heterocycles. The largest absolute Gasteiger partial charge is 0.480 e. The molecule has 0 spiro atoms. The van der Waals surface area contributed by atoms with Gasteiger partial charge >= 0.3 is 5.97 Å². The van der Waals surface area contributed by atoms with E-state index in [0.29, 0.717) is 12.3 Å². The van der Waals surface area contributed by atoms with Gasteiger partial charge in [-0.1, -0.05) is 38.1 Å². The van der Waals surface area contributed by atoms with Gasteiger partial charge in [0.15, 0.2) is 0 Å². The van der Waals surface area contributed by atoms with Crippen LogP contribution in [0.2, 0.25) is 0 Å². The maximum absolute atomic E-state index is 11.4. The van der Waals surface area contributed by atoms with E-state index in [4.69, 9.17) is 5.11 Å². The first-order valence-corrected chi connectivity index (χ1v) is 6.10. The van der Waals surface area contributed by atoms with Crippen molar-refractivity contribution >= 4 is 11.9 Å². The second-order valence-corrected chi connectivity index (χ2v) is 4.96. The number of amides is 1. The first-order chi connectivity index (χ1) is 8.49. The fourth-order valence-corrected chi connectivity index (χ4v) is 2.20. The number of nitrogens with zero attached hydrogens (tertiary/aromatic N) is 1. The van der Waals surface area contributed by atoms with Crippen molar-refractivity contribution in [1.29, 1.82) is 0 Å². The van der Waals surface area contributed by atoms with Gasteiger partial charge in [-0.2, -0.15) is 0 Å². The van der Waals surface area contributed by atoms with Gasteiger partial charge in [-0.25, -0.2) is 0 Å². The van der Waals surface area contributed by atoms with Gasteiger partial charge in [-0.15, -0.1) is 0 Å². The Bertz CT molecular complexity index is 464. The molecule has 1 aliphatic heterocycles. The van der Waals surface area contributed by atoms with Crippen LogP contribution in [-0.2, 0) is 9.59 Å². The fourth-order valence-electron chi connectivity index (χ4n) is 2.20. The molecule has 1 fully saturated rings. The highest BCUT2D eigenvalue weighted by molar-refractivity contribution is 5.87. The van der Waals surface area contributed by atoms with E-state index < -0.39 is 5.97 Å². The molecule has 1 N–H and O–H groups in total. The Hall–Kier alpha value is -1.84. The molecule has 4 heteroatoms. The minimum absolute atomic E-state index is 0.0742. The average Bonchev–Trinajstić information content (AvgIpc) is 2.33. The van der Waals surface area contributed by atoms with Crippen LogP contribution in [0.3, 0.4) is 0 Å². The van der Waals surface area contributed by atoms with Crippen molar-refractivity contribution in [2.75, 3.05) is 6.54 Å². The van der Waals surface area contributed by atoms with E-state index in [-0.39, 0.29) is 18.5 Å². The first-order valence-electron chi connectivity index (χ1n) is 6.10.